The summed E-state index contributed by atoms with van der Waals surface area (Å²) in [5, 5.41) is 17.3. The van der Waals surface area contributed by atoms with Crippen LogP contribution in [-0.4, -0.2) is 17.5 Å². The fourth-order valence-corrected chi connectivity index (χ4v) is 2.72. The summed E-state index contributed by atoms with van der Waals surface area (Å²) in [5.74, 6) is -0.00382. The van der Waals surface area contributed by atoms with E-state index in [2.05, 4.69) is 10.2 Å². The second-order valence-electron chi connectivity index (χ2n) is 6.29. The molecule has 0 radical (unpaired) electrons. The molecule has 0 saturated heterocycles. The molecule has 3 rings (SSSR count). The van der Waals surface area contributed by atoms with E-state index in [1.165, 1.54) is 5.56 Å². The van der Waals surface area contributed by atoms with Crippen molar-refractivity contribution in [1.29, 1.82) is 0 Å². The number of hydrogen-bond donors (Lipinski definition) is 1. The second kappa shape index (κ2) is 9.55. The number of carbonyl (C=O) groups is 1. The molecule has 0 amide bonds. The first-order valence-corrected chi connectivity index (χ1v) is 9.07. The number of hydrogen-bond acceptors (Lipinski definition) is 4. The zero-order valence-electron chi connectivity index (χ0n) is 15.1. The second-order valence-corrected chi connectivity index (χ2v) is 6.29. The van der Waals surface area contributed by atoms with E-state index in [1.807, 2.05) is 54.6 Å². The van der Waals surface area contributed by atoms with Gasteiger partial charge in [0, 0.05) is 17.7 Å². The van der Waals surface area contributed by atoms with Gasteiger partial charge in [0.1, 0.15) is 0 Å². The zero-order chi connectivity index (χ0) is 18.9. The van der Waals surface area contributed by atoms with E-state index in [1.54, 1.807) is 24.3 Å². The summed E-state index contributed by atoms with van der Waals surface area (Å²) in [7, 11) is 0. The van der Waals surface area contributed by atoms with Crippen molar-refractivity contribution in [2.45, 2.75) is 19.3 Å². The van der Waals surface area contributed by atoms with Gasteiger partial charge in [-0.1, -0.05) is 42.5 Å². The van der Waals surface area contributed by atoms with Gasteiger partial charge < -0.3 is 5.11 Å². The van der Waals surface area contributed by atoms with E-state index in [9.17, 15) is 4.79 Å². The molecule has 0 aliphatic rings. The van der Waals surface area contributed by atoms with Gasteiger partial charge in [0.05, 0.1) is 11.4 Å². The van der Waals surface area contributed by atoms with Crippen molar-refractivity contribution in [3.63, 3.8) is 0 Å². The van der Waals surface area contributed by atoms with E-state index in [4.69, 9.17) is 5.11 Å². The van der Waals surface area contributed by atoms with E-state index in [0.29, 0.717) is 16.8 Å². The van der Waals surface area contributed by atoms with Crippen LogP contribution in [0.25, 0.3) is 0 Å². The normalized spacial score (nSPS) is 11.0. The Hall–Kier alpha value is -3.11. The van der Waals surface area contributed by atoms with Gasteiger partial charge >= 0.3 is 0 Å². The SMILES string of the molecule is O=C(c1ccccc1)c1ccc(N=Nc2ccc(CCCCO)cc2)cc1. The van der Waals surface area contributed by atoms with Gasteiger partial charge in [-0.05, 0) is 61.2 Å². The summed E-state index contributed by atoms with van der Waals surface area (Å²) in [5.41, 5.74) is 4.02. The number of azo groups is 1. The lowest BCUT2D eigenvalue weighted by Crippen LogP contribution is -1.99. The Bertz CT molecular complexity index is 886. The molecule has 27 heavy (non-hydrogen) atoms. The smallest absolute Gasteiger partial charge is 0.193 e. The van der Waals surface area contributed by atoms with Gasteiger partial charge in [0.2, 0.25) is 0 Å². The summed E-state index contributed by atoms with van der Waals surface area (Å²) < 4.78 is 0. The van der Waals surface area contributed by atoms with Gasteiger partial charge in [-0.15, -0.1) is 0 Å². The highest BCUT2D eigenvalue weighted by molar-refractivity contribution is 6.09. The molecule has 0 spiro atoms. The largest absolute Gasteiger partial charge is 0.396 e. The Morgan fingerprint density at radius 3 is 1.85 bits per heavy atom. The van der Waals surface area contributed by atoms with Crippen LogP contribution in [0.5, 0.6) is 0 Å². The predicted octanol–water partition coefficient (Wildman–Crippen LogP) is 5.65. The van der Waals surface area contributed by atoms with Crippen LogP contribution in [0, 0.1) is 0 Å². The molecule has 4 nitrogen and oxygen atoms in total. The lowest BCUT2D eigenvalue weighted by Gasteiger charge is -2.02. The van der Waals surface area contributed by atoms with Gasteiger partial charge in [0.15, 0.2) is 5.78 Å². The maximum absolute atomic E-state index is 12.4. The number of unbranched alkanes of at least 4 members (excludes halogenated alkanes) is 1. The molecule has 0 heterocycles. The summed E-state index contributed by atoms with van der Waals surface area (Å²) in [4.78, 5) is 12.4. The van der Waals surface area contributed by atoms with Gasteiger partial charge in [-0.3, -0.25) is 4.79 Å². The van der Waals surface area contributed by atoms with Crippen LogP contribution in [0.1, 0.15) is 34.3 Å². The van der Waals surface area contributed by atoms with Crippen LogP contribution in [0.15, 0.2) is 89.1 Å². The van der Waals surface area contributed by atoms with Crippen molar-refractivity contribution in [2.75, 3.05) is 6.61 Å². The summed E-state index contributed by atoms with van der Waals surface area (Å²) in [6.07, 6.45) is 2.75. The summed E-state index contributed by atoms with van der Waals surface area (Å²) >= 11 is 0. The third-order valence-corrected chi connectivity index (χ3v) is 4.26. The third kappa shape index (κ3) is 5.43. The number of ketones is 1. The lowest BCUT2D eigenvalue weighted by atomic mass is 10.0. The summed E-state index contributed by atoms with van der Waals surface area (Å²) in [6.45, 7) is 0.238. The Kier molecular flexibility index (Phi) is 6.61. The van der Waals surface area contributed by atoms with Gasteiger partial charge in [0.25, 0.3) is 0 Å². The third-order valence-electron chi connectivity index (χ3n) is 4.26. The van der Waals surface area contributed by atoms with E-state index in [0.717, 1.165) is 24.9 Å². The van der Waals surface area contributed by atoms with Gasteiger partial charge in [-0.2, -0.15) is 10.2 Å². The summed E-state index contributed by atoms with van der Waals surface area (Å²) in [6, 6.07) is 24.3. The molecule has 1 N–H and O–H groups in total. The Labute approximate surface area is 159 Å². The standard InChI is InChI=1S/C23H22N2O2/c26-17-5-4-6-18-9-13-21(14-10-18)24-25-22-15-11-20(12-16-22)23(27)19-7-2-1-3-8-19/h1-3,7-16,26H,4-6,17H2. The van der Waals surface area contributed by atoms with Gasteiger partial charge in [-0.25, -0.2) is 0 Å². The van der Waals surface area contributed by atoms with Crippen LogP contribution in [0.3, 0.4) is 0 Å². The number of benzene rings is 3. The minimum absolute atomic E-state index is 0.00382. The minimum Gasteiger partial charge on any atom is -0.396 e. The molecule has 0 aliphatic carbocycles. The fourth-order valence-electron chi connectivity index (χ4n) is 2.72. The molecular formula is C23H22N2O2. The number of carbonyl (C=O) groups excluding carboxylic acids is 1. The molecule has 3 aromatic rings. The molecule has 0 aliphatic heterocycles. The van der Waals surface area contributed by atoms with Crippen LogP contribution in [0.4, 0.5) is 11.4 Å². The average Bonchev–Trinajstić information content (AvgIpc) is 2.74. The average molecular weight is 358 g/mol. The molecular weight excluding hydrogens is 336 g/mol. The number of aliphatic hydroxyl groups excluding tert-OH is 1. The first kappa shape index (κ1) is 18.7. The van der Waals surface area contributed by atoms with Crippen LogP contribution in [-0.2, 0) is 6.42 Å². The fraction of sp³-hybridized carbons (Fsp3) is 0.174. The first-order valence-electron chi connectivity index (χ1n) is 9.07. The van der Waals surface area contributed by atoms with Crippen molar-refractivity contribution in [3.05, 3.63) is 95.6 Å². The Balaban J connectivity index is 1.61. The topological polar surface area (TPSA) is 62.0 Å². The van der Waals surface area contributed by atoms with Crippen molar-refractivity contribution in [1.82, 2.24) is 0 Å². The molecule has 0 aromatic heterocycles. The van der Waals surface area contributed by atoms with Crippen LogP contribution < -0.4 is 0 Å². The van der Waals surface area contributed by atoms with Crippen molar-refractivity contribution >= 4 is 17.2 Å². The molecule has 0 atom stereocenters. The first-order chi connectivity index (χ1) is 13.3. The highest BCUT2D eigenvalue weighted by Crippen LogP contribution is 2.20. The molecule has 0 fully saturated rings. The predicted molar refractivity (Wildman–Crippen MR) is 107 cm³/mol. The highest BCUT2D eigenvalue weighted by Gasteiger charge is 2.07. The maximum atomic E-state index is 12.4. The van der Waals surface area contributed by atoms with Crippen molar-refractivity contribution < 1.29 is 9.90 Å². The molecule has 0 unspecified atom stereocenters. The molecule has 136 valence electrons. The van der Waals surface area contributed by atoms with Crippen molar-refractivity contribution in [2.24, 2.45) is 10.2 Å². The molecule has 0 bridgehead atoms. The van der Waals surface area contributed by atoms with E-state index in [-0.39, 0.29) is 12.4 Å². The molecule has 4 heteroatoms. The molecule has 3 aromatic carbocycles. The molecule has 0 saturated carbocycles. The maximum Gasteiger partial charge on any atom is 0.193 e. The number of aryl methyl sites for hydroxylation is 1. The highest BCUT2D eigenvalue weighted by atomic mass is 16.2. The van der Waals surface area contributed by atoms with Crippen LogP contribution >= 0.6 is 0 Å². The Morgan fingerprint density at radius 1 is 0.704 bits per heavy atom. The van der Waals surface area contributed by atoms with Crippen molar-refractivity contribution in [3.8, 4) is 0 Å². The van der Waals surface area contributed by atoms with E-state index >= 15 is 0 Å². The lowest BCUT2D eigenvalue weighted by molar-refractivity contribution is 0.103. The number of aliphatic hydroxyl groups is 1. The monoisotopic (exact) mass is 358 g/mol. The van der Waals surface area contributed by atoms with Crippen LogP contribution in [0.2, 0.25) is 0 Å². The quantitative estimate of drug-likeness (QED) is 0.321. The minimum atomic E-state index is -0.00382. The zero-order valence-corrected chi connectivity index (χ0v) is 15.1. The number of rotatable bonds is 8. The Morgan fingerprint density at radius 2 is 1.26 bits per heavy atom. The number of nitrogens with zero attached hydrogens (tertiary/aromatic N) is 2. The van der Waals surface area contributed by atoms with E-state index < -0.39 is 0 Å².